The van der Waals surface area contributed by atoms with E-state index < -0.39 is 10.0 Å². The van der Waals surface area contributed by atoms with Crippen molar-refractivity contribution in [1.29, 1.82) is 0 Å². The van der Waals surface area contributed by atoms with Crippen LogP contribution in [0.3, 0.4) is 0 Å². The maximum absolute atomic E-state index is 11.1. The van der Waals surface area contributed by atoms with Crippen LogP contribution in [-0.4, -0.2) is 81.2 Å². The molecule has 0 spiro atoms. The second-order valence-corrected chi connectivity index (χ2v) is 11.4. The van der Waals surface area contributed by atoms with E-state index in [0.717, 1.165) is 61.6 Å². The molecule has 2 N–H and O–H groups in total. The van der Waals surface area contributed by atoms with Gasteiger partial charge >= 0.3 is 0 Å². The summed E-state index contributed by atoms with van der Waals surface area (Å²) in [7, 11) is -3.23. The van der Waals surface area contributed by atoms with Gasteiger partial charge in [-0.25, -0.2) is 23.1 Å². The van der Waals surface area contributed by atoms with Gasteiger partial charge in [-0.1, -0.05) is 18.2 Å². The van der Waals surface area contributed by atoms with E-state index in [1.54, 1.807) is 12.4 Å². The molecule has 2 fully saturated rings. The second kappa shape index (κ2) is 12.1. The molecule has 1 saturated heterocycles. The van der Waals surface area contributed by atoms with Crippen LogP contribution in [0, 0.1) is 0 Å². The minimum absolute atomic E-state index is 0.0983. The maximum Gasteiger partial charge on any atom is 0.223 e. The highest BCUT2D eigenvalue weighted by Crippen LogP contribution is 2.32. The summed E-state index contributed by atoms with van der Waals surface area (Å²) in [5, 5.41) is 5.57. The molecular formula is C26H34N6O5S. The largest absolute Gasteiger partial charge is 0.489 e. The Hall–Kier alpha value is -3.22. The normalized spacial score (nSPS) is 20.3. The fourth-order valence-corrected chi connectivity index (χ4v) is 5.18. The third-order valence-corrected chi connectivity index (χ3v) is 7.40. The third-order valence-electron chi connectivity index (χ3n) is 6.68. The molecule has 1 saturated carbocycles. The number of sulfonamides is 1. The molecule has 3 heterocycles. The van der Waals surface area contributed by atoms with Crippen LogP contribution >= 0.6 is 0 Å². The second-order valence-electron chi connectivity index (χ2n) is 9.60. The molecule has 1 aliphatic heterocycles. The molecule has 1 aliphatic carbocycles. The predicted molar refractivity (Wildman–Crippen MR) is 145 cm³/mol. The van der Waals surface area contributed by atoms with Crippen LogP contribution in [0.25, 0.3) is 10.8 Å². The van der Waals surface area contributed by atoms with Gasteiger partial charge in [-0.15, -0.1) is 0 Å². The minimum atomic E-state index is -3.23. The van der Waals surface area contributed by atoms with Crippen LogP contribution in [0.4, 0.5) is 11.8 Å². The first-order valence-electron chi connectivity index (χ1n) is 13.0. The summed E-state index contributed by atoms with van der Waals surface area (Å²) in [5.74, 6) is 2.67. The molecule has 204 valence electrons. The number of benzene rings is 1. The van der Waals surface area contributed by atoms with E-state index in [9.17, 15) is 8.42 Å². The van der Waals surface area contributed by atoms with Crippen molar-refractivity contribution in [3.63, 3.8) is 0 Å². The highest BCUT2D eigenvalue weighted by Gasteiger charge is 2.25. The number of hydrogen-bond donors (Lipinski definition) is 2. The molecule has 38 heavy (non-hydrogen) atoms. The van der Waals surface area contributed by atoms with Crippen molar-refractivity contribution in [2.24, 2.45) is 0 Å². The Morgan fingerprint density at radius 3 is 2.55 bits per heavy atom. The third kappa shape index (κ3) is 7.21. The van der Waals surface area contributed by atoms with E-state index in [4.69, 9.17) is 19.2 Å². The summed E-state index contributed by atoms with van der Waals surface area (Å²) in [5.41, 5.74) is 0. The number of aromatic nitrogens is 3. The molecule has 0 atom stereocenters. The summed E-state index contributed by atoms with van der Waals surface area (Å²) in [4.78, 5) is 15.8. The van der Waals surface area contributed by atoms with E-state index in [2.05, 4.69) is 43.1 Å². The summed E-state index contributed by atoms with van der Waals surface area (Å²) >= 11 is 0. The van der Waals surface area contributed by atoms with Gasteiger partial charge in [-0.2, -0.15) is 4.98 Å². The predicted octanol–water partition coefficient (Wildman–Crippen LogP) is 2.59. The zero-order valence-corrected chi connectivity index (χ0v) is 22.3. The van der Waals surface area contributed by atoms with Gasteiger partial charge in [-0.05, 0) is 43.2 Å². The first kappa shape index (κ1) is 26.4. The minimum Gasteiger partial charge on any atom is -0.489 e. The van der Waals surface area contributed by atoms with Gasteiger partial charge in [0.15, 0.2) is 5.75 Å². The fourth-order valence-electron chi connectivity index (χ4n) is 4.72. The van der Waals surface area contributed by atoms with Gasteiger partial charge < -0.3 is 24.4 Å². The van der Waals surface area contributed by atoms with E-state index in [0.29, 0.717) is 30.8 Å². The Morgan fingerprint density at radius 1 is 1.08 bits per heavy atom. The number of rotatable bonds is 10. The van der Waals surface area contributed by atoms with Crippen molar-refractivity contribution in [2.45, 2.75) is 37.8 Å². The molecule has 0 bridgehead atoms. The number of pyridine rings is 1. The van der Waals surface area contributed by atoms with E-state index in [1.807, 2.05) is 12.1 Å². The molecule has 0 unspecified atom stereocenters. The average molecular weight is 543 g/mol. The van der Waals surface area contributed by atoms with Crippen LogP contribution < -0.4 is 24.4 Å². The zero-order valence-electron chi connectivity index (χ0n) is 21.5. The summed E-state index contributed by atoms with van der Waals surface area (Å²) in [6.07, 6.45) is 8.06. The van der Waals surface area contributed by atoms with E-state index in [1.165, 1.54) is 0 Å². The van der Waals surface area contributed by atoms with Gasteiger partial charge in [0.2, 0.25) is 21.9 Å². The first-order valence-corrected chi connectivity index (χ1v) is 14.9. The quantitative estimate of drug-likeness (QED) is 0.369. The summed E-state index contributed by atoms with van der Waals surface area (Å²) in [6, 6.07) is 10.6. The molecular weight excluding hydrogens is 508 g/mol. The van der Waals surface area contributed by atoms with Crippen molar-refractivity contribution < 1.29 is 22.6 Å². The molecule has 5 rings (SSSR count). The van der Waals surface area contributed by atoms with Gasteiger partial charge in [0.1, 0.15) is 18.5 Å². The smallest absolute Gasteiger partial charge is 0.223 e. The molecule has 11 nitrogen and oxygen atoms in total. The highest BCUT2D eigenvalue weighted by atomic mass is 32.2. The number of anilines is 2. The molecule has 2 aromatic heterocycles. The van der Waals surface area contributed by atoms with Crippen LogP contribution in [-0.2, 0) is 14.8 Å². The van der Waals surface area contributed by atoms with Crippen LogP contribution in [0.15, 0.2) is 42.7 Å². The number of ether oxygens (including phenoxy) is 3. The lowest BCUT2D eigenvalue weighted by Crippen LogP contribution is -2.37. The van der Waals surface area contributed by atoms with Crippen molar-refractivity contribution in [2.75, 3.05) is 55.9 Å². The Balaban J connectivity index is 1.13. The first-order chi connectivity index (χ1) is 18.4. The molecule has 3 aromatic rings. The molecule has 1 aromatic carbocycles. The van der Waals surface area contributed by atoms with E-state index >= 15 is 0 Å². The Morgan fingerprint density at radius 2 is 1.82 bits per heavy atom. The monoisotopic (exact) mass is 542 g/mol. The van der Waals surface area contributed by atoms with Crippen molar-refractivity contribution >= 4 is 32.6 Å². The molecule has 0 amide bonds. The lowest BCUT2D eigenvalue weighted by Gasteiger charge is -2.31. The van der Waals surface area contributed by atoms with Crippen molar-refractivity contribution in [3.05, 3.63) is 42.7 Å². The van der Waals surface area contributed by atoms with Gasteiger partial charge in [0.25, 0.3) is 0 Å². The number of nitrogens with zero attached hydrogens (tertiary/aromatic N) is 4. The van der Waals surface area contributed by atoms with Crippen molar-refractivity contribution in [3.8, 4) is 11.6 Å². The summed E-state index contributed by atoms with van der Waals surface area (Å²) in [6.45, 7) is 3.47. The average Bonchev–Trinajstić information content (AvgIpc) is 2.93. The van der Waals surface area contributed by atoms with Gasteiger partial charge in [0, 0.05) is 31.1 Å². The fraction of sp³-hybridized carbons (Fsp3) is 0.500. The van der Waals surface area contributed by atoms with Crippen LogP contribution in [0.5, 0.6) is 11.6 Å². The summed E-state index contributed by atoms with van der Waals surface area (Å²) < 4.78 is 42.1. The number of nitrogens with one attached hydrogen (secondary N) is 2. The topological polar surface area (TPSA) is 128 Å². The Kier molecular flexibility index (Phi) is 8.40. The highest BCUT2D eigenvalue weighted by molar-refractivity contribution is 7.88. The van der Waals surface area contributed by atoms with Crippen LogP contribution in [0.1, 0.15) is 25.7 Å². The lowest BCUT2D eigenvalue weighted by atomic mass is 9.93. The lowest BCUT2D eigenvalue weighted by molar-refractivity contribution is 0.122. The van der Waals surface area contributed by atoms with Gasteiger partial charge in [-0.3, -0.25) is 0 Å². The van der Waals surface area contributed by atoms with Crippen molar-refractivity contribution in [1.82, 2.24) is 19.7 Å². The Labute approximate surface area is 223 Å². The number of fused-ring (bicyclic) bond motifs is 1. The van der Waals surface area contributed by atoms with Gasteiger partial charge in [0.05, 0.1) is 31.9 Å². The number of hydrogen-bond acceptors (Lipinski definition) is 10. The Bertz CT molecular complexity index is 1310. The molecule has 2 aliphatic rings. The van der Waals surface area contributed by atoms with E-state index in [-0.39, 0.29) is 25.3 Å². The molecule has 12 heteroatoms. The van der Waals surface area contributed by atoms with Crippen LogP contribution in [0.2, 0.25) is 0 Å². The zero-order chi connectivity index (χ0) is 26.4. The SMILES string of the molecule is CS(=O)(=O)NCCOc1cnc(NC2CCC(Oc3nc(N4CCOCC4)cc4ccccc34)CC2)nc1. The standard InChI is InChI=1S/C26H34N6O5S/c1-38(33,34)29-10-13-36-22-17-27-26(28-18-22)30-20-6-8-21(9-7-20)37-25-23-5-3-2-4-19(23)16-24(31-25)32-11-14-35-15-12-32/h2-5,16-18,20-21,29H,6-15H2,1H3,(H,27,28,30). The maximum atomic E-state index is 11.1. The number of morpholine rings is 1. The molecule has 0 radical (unpaired) electrons.